The van der Waals surface area contributed by atoms with Gasteiger partial charge in [-0.1, -0.05) is 28.9 Å². The normalized spacial score (nSPS) is 11.0. The van der Waals surface area contributed by atoms with Crippen molar-refractivity contribution in [3.05, 3.63) is 68.6 Å². The number of thiophene rings is 1. The molecule has 9 heteroatoms. The molecular formula is C19H12ClN3O4S. The maximum Gasteiger partial charge on any atom is 0.353 e. The molecule has 0 aliphatic carbocycles. The molecule has 0 radical (unpaired) electrons. The highest BCUT2D eigenvalue weighted by Crippen LogP contribution is 2.28. The number of hydrogen-bond acceptors (Lipinski definition) is 7. The maximum absolute atomic E-state index is 12.2. The number of carbonyl (C=O) groups excluding carboxylic acids is 2. The molecule has 1 aromatic carbocycles. The molecule has 0 aliphatic heterocycles. The summed E-state index contributed by atoms with van der Waals surface area (Å²) < 4.78 is 10.1. The minimum Gasteiger partial charge on any atom is -0.421 e. The summed E-state index contributed by atoms with van der Waals surface area (Å²) in [5, 5.41) is 17.3. The van der Waals surface area contributed by atoms with Gasteiger partial charge in [0.1, 0.15) is 28.0 Å². The second-order valence-electron chi connectivity index (χ2n) is 5.50. The predicted octanol–water partition coefficient (Wildman–Crippen LogP) is 4.46. The number of nitriles is 1. The molecule has 0 bridgehead atoms. The lowest BCUT2D eigenvalue weighted by molar-refractivity contribution is -0.112. The highest BCUT2D eigenvalue weighted by atomic mass is 35.5. The number of aromatic nitrogens is 1. The molecule has 2 heterocycles. The molecule has 0 saturated heterocycles. The molecule has 0 atom stereocenters. The van der Waals surface area contributed by atoms with E-state index >= 15 is 0 Å². The third kappa shape index (κ3) is 4.65. The second-order valence-corrected chi connectivity index (χ2v) is 6.86. The Hall–Kier alpha value is -3.41. The van der Waals surface area contributed by atoms with Gasteiger partial charge in [0.05, 0.1) is 5.02 Å². The number of esters is 1. The standard InChI is InChI=1S/C19H12ClN3O4S/c1-11-7-17(23-27-11)22-18(24)13(10-21)8-12-4-5-15(14(20)9-12)26-19(25)16-3-2-6-28-16/h2-9H,1H3,(H,22,23,24)/b13-8-. The lowest BCUT2D eigenvalue weighted by Gasteiger charge is -2.06. The van der Waals surface area contributed by atoms with Gasteiger partial charge in [0.2, 0.25) is 0 Å². The van der Waals surface area contributed by atoms with Gasteiger partial charge < -0.3 is 14.6 Å². The fourth-order valence-electron chi connectivity index (χ4n) is 2.16. The van der Waals surface area contributed by atoms with E-state index in [-0.39, 0.29) is 22.2 Å². The van der Waals surface area contributed by atoms with Crippen molar-refractivity contribution < 1.29 is 18.8 Å². The Kier molecular flexibility index (Phi) is 5.89. The van der Waals surface area contributed by atoms with Gasteiger partial charge in [-0.15, -0.1) is 11.3 Å². The lowest BCUT2D eigenvalue weighted by Crippen LogP contribution is -2.13. The van der Waals surface area contributed by atoms with Crippen LogP contribution in [0.3, 0.4) is 0 Å². The van der Waals surface area contributed by atoms with Crippen molar-refractivity contribution in [1.29, 1.82) is 5.26 Å². The van der Waals surface area contributed by atoms with Crippen LogP contribution in [0.25, 0.3) is 6.08 Å². The van der Waals surface area contributed by atoms with E-state index in [9.17, 15) is 14.9 Å². The molecule has 1 N–H and O–H groups in total. The maximum atomic E-state index is 12.2. The molecule has 0 unspecified atom stereocenters. The van der Waals surface area contributed by atoms with Crippen LogP contribution in [0.4, 0.5) is 5.82 Å². The number of halogens is 1. The smallest absolute Gasteiger partial charge is 0.353 e. The van der Waals surface area contributed by atoms with Crippen molar-refractivity contribution in [2.75, 3.05) is 5.32 Å². The molecule has 2 aromatic heterocycles. The summed E-state index contributed by atoms with van der Waals surface area (Å²) in [6.07, 6.45) is 1.36. The number of carbonyl (C=O) groups is 2. The van der Waals surface area contributed by atoms with E-state index < -0.39 is 11.9 Å². The molecule has 3 aromatic rings. The number of amides is 1. The Bertz CT molecular complexity index is 1100. The SMILES string of the molecule is Cc1cc(NC(=O)/C(C#N)=C\c2ccc(OC(=O)c3cccs3)c(Cl)c2)no1. The Morgan fingerprint density at radius 1 is 1.36 bits per heavy atom. The van der Waals surface area contributed by atoms with Crippen molar-refractivity contribution in [3.63, 3.8) is 0 Å². The second kappa shape index (κ2) is 8.52. The first-order valence-corrected chi connectivity index (χ1v) is 9.13. The quantitative estimate of drug-likeness (QED) is 0.286. The summed E-state index contributed by atoms with van der Waals surface area (Å²) >= 11 is 7.42. The van der Waals surface area contributed by atoms with E-state index in [1.54, 1.807) is 30.5 Å². The van der Waals surface area contributed by atoms with Crippen LogP contribution in [0.5, 0.6) is 5.75 Å². The van der Waals surface area contributed by atoms with Crippen LogP contribution in [-0.2, 0) is 4.79 Å². The van der Waals surface area contributed by atoms with E-state index in [2.05, 4.69) is 10.5 Å². The number of nitrogens with one attached hydrogen (secondary N) is 1. The van der Waals surface area contributed by atoms with Crippen molar-refractivity contribution in [3.8, 4) is 11.8 Å². The topological polar surface area (TPSA) is 105 Å². The van der Waals surface area contributed by atoms with Crippen LogP contribution in [0.1, 0.15) is 21.0 Å². The monoisotopic (exact) mass is 413 g/mol. The molecule has 0 spiro atoms. The van der Waals surface area contributed by atoms with Gasteiger partial charge in [-0.2, -0.15) is 5.26 Å². The zero-order chi connectivity index (χ0) is 20.1. The van der Waals surface area contributed by atoms with Gasteiger partial charge in [-0.3, -0.25) is 4.79 Å². The number of nitrogens with zero attached hydrogens (tertiary/aromatic N) is 2. The largest absolute Gasteiger partial charge is 0.421 e. The summed E-state index contributed by atoms with van der Waals surface area (Å²) in [7, 11) is 0. The van der Waals surface area contributed by atoms with Gasteiger partial charge in [0.15, 0.2) is 5.82 Å². The van der Waals surface area contributed by atoms with Gasteiger partial charge in [-0.25, -0.2) is 4.79 Å². The van der Waals surface area contributed by atoms with Crippen molar-refractivity contribution in [2.45, 2.75) is 6.92 Å². The molecule has 0 fully saturated rings. The average Bonchev–Trinajstić information content (AvgIpc) is 3.33. The van der Waals surface area contributed by atoms with Gasteiger partial charge in [0.25, 0.3) is 5.91 Å². The number of ether oxygens (including phenoxy) is 1. The van der Waals surface area contributed by atoms with Crippen LogP contribution in [0.15, 0.2) is 51.9 Å². The number of aryl methyl sites for hydroxylation is 1. The van der Waals surface area contributed by atoms with E-state index in [4.69, 9.17) is 20.9 Å². The summed E-state index contributed by atoms with van der Waals surface area (Å²) in [5.74, 6) is -0.242. The Morgan fingerprint density at radius 2 is 2.18 bits per heavy atom. The summed E-state index contributed by atoms with van der Waals surface area (Å²) in [4.78, 5) is 24.7. The molecular weight excluding hydrogens is 402 g/mol. The predicted molar refractivity (Wildman–Crippen MR) is 104 cm³/mol. The third-order valence-electron chi connectivity index (χ3n) is 3.43. The highest BCUT2D eigenvalue weighted by molar-refractivity contribution is 7.12. The molecule has 7 nitrogen and oxygen atoms in total. The van der Waals surface area contributed by atoms with Crippen LogP contribution in [-0.4, -0.2) is 17.0 Å². The van der Waals surface area contributed by atoms with Crippen LogP contribution in [0.2, 0.25) is 5.02 Å². The van der Waals surface area contributed by atoms with Crippen molar-refractivity contribution in [2.24, 2.45) is 0 Å². The molecule has 0 aliphatic rings. The summed E-state index contributed by atoms with van der Waals surface area (Å²) in [5.41, 5.74) is 0.337. The number of anilines is 1. The van der Waals surface area contributed by atoms with E-state index in [0.717, 1.165) is 0 Å². The molecule has 140 valence electrons. The molecule has 0 saturated carbocycles. The van der Waals surface area contributed by atoms with Crippen LogP contribution in [0, 0.1) is 18.3 Å². The Labute approximate surface area is 168 Å². The van der Waals surface area contributed by atoms with Gasteiger partial charge in [0, 0.05) is 6.07 Å². The Morgan fingerprint density at radius 3 is 2.79 bits per heavy atom. The van der Waals surface area contributed by atoms with Crippen molar-refractivity contribution >= 4 is 46.7 Å². The highest BCUT2D eigenvalue weighted by Gasteiger charge is 2.14. The first-order chi connectivity index (χ1) is 13.5. The van der Waals surface area contributed by atoms with Gasteiger partial charge >= 0.3 is 5.97 Å². The zero-order valence-corrected chi connectivity index (χ0v) is 16.0. The fraction of sp³-hybridized carbons (Fsp3) is 0.0526. The number of hydrogen-bond donors (Lipinski definition) is 1. The number of rotatable bonds is 5. The van der Waals surface area contributed by atoms with Gasteiger partial charge in [-0.05, 0) is 42.1 Å². The first-order valence-electron chi connectivity index (χ1n) is 7.88. The summed E-state index contributed by atoms with van der Waals surface area (Å²) in [6, 6.07) is 11.3. The molecule has 28 heavy (non-hydrogen) atoms. The first kappa shape index (κ1) is 19.4. The number of benzene rings is 1. The minimum atomic E-state index is -0.639. The Balaban J connectivity index is 1.75. The summed E-state index contributed by atoms with van der Waals surface area (Å²) in [6.45, 7) is 1.68. The molecule has 3 rings (SSSR count). The zero-order valence-electron chi connectivity index (χ0n) is 14.4. The van der Waals surface area contributed by atoms with E-state index in [1.807, 2.05) is 6.07 Å². The van der Waals surface area contributed by atoms with E-state index in [1.165, 1.54) is 35.6 Å². The third-order valence-corrected chi connectivity index (χ3v) is 4.57. The fourth-order valence-corrected chi connectivity index (χ4v) is 2.99. The molecule has 1 amide bonds. The van der Waals surface area contributed by atoms with Crippen LogP contribution >= 0.6 is 22.9 Å². The van der Waals surface area contributed by atoms with Crippen LogP contribution < -0.4 is 10.1 Å². The van der Waals surface area contributed by atoms with E-state index in [0.29, 0.717) is 16.2 Å². The average molecular weight is 414 g/mol. The minimum absolute atomic E-state index is 0.153. The lowest BCUT2D eigenvalue weighted by atomic mass is 10.1. The van der Waals surface area contributed by atoms with Crippen molar-refractivity contribution in [1.82, 2.24) is 5.16 Å².